The highest BCUT2D eigenvalue weighted by molar-refractivity contribution is 8.13. The lowest BCUT2D eigenvalue weighted by atomic mass is 10.1. The van der Waals surface area contributed by atoms with Crippen LogP contribution < -0.4 is 4.90 Å². The van der Waals surface area contributed by atoms with Gasteiger partial charge in [0.2, 0.25) is 15.0 Å². The summed E-state index contributed by atoms with van der Waals surface area (Å²) in [6, 6.07) is 3.92. The summed E-state index contributed by atoms with van der Waals surface area (Å²) in [5.74, 6) is -0.719. The molecule has 8 nitrogen and oxygen atoms in total. The maximum atomic E-state index is 12.1. The molecule has 1 unspecified atom stereocenters. The van der Waals surface area contributed by atoms with Crippen molar-refractivity contribution < 1.29 is 13.2 Å². The van der Waals surface area contributed by atoms with Crippen molar-refractivity contribution in [3.8, 4) is 12.1 Å². The molecule has 0 saturated carbocycles. The average molecular weight is 342 g/mol. The number of aromatic nitrogens is 2. The Balaban J connectivity index is 2.28. The van der Waals surface area contributed by atoms with Gasteiger partial charge in [0.25, 0.3) is 0 Å². The minimum Gasteiger partial charge on any atom is -0.296 e. The minimum atomic E-state index is -3.70. The Morgan fingerprint density at radius 1 is 1.45 bits per heavy atom. The topological polar surface area (TPSA) is 120 Å². The Hall–Kier alpha value is -2.10. The summed E-state index contributed by atoms with van der Waals surface area (Å²) in [5.41, 5.74) is 0.209. The zero-order chi connectivity index (χ0) is 16.3. The Morgan fingerprint density at radius 3 is 2.77 bits per heavy atom. The van der Waals surface area contributed by atoms with Crippen molar-refractivity contribution in [1.82, 2.24) is 9.78 Å². The van der Waals surface area contributed by atoms with Crippen LogP contribution in [0.25, 0.3) is 0 Å². The van der Waals surface area contributed by atoms with Crippen molar-refractivity contribution in [3.63, 3.8) is 0 Å². The van der Waals surface area contributed by atoms with Crippen LogP contribution in [0.2, 0.25) is 0 Å². The molecule has 1 fully saturated rings. The lowest BCUT2D eigenvalue weighted by molar-refractivity contribution is -0.117. The number of nitrogens with zero attached hydrogens (tertiary/aromatic N) is 5. The number of amides is 1. The molecular weight excluding hydrogens is 330 g/mol. The predicted octanol–water partition coefficient (Wildman–Crippen LogP) is 0.590. The first-order valence-corrected chi connectivity index (χ1v) is 8.89. The normalized spacial score (nSPS) is 18.2. The van der Waals surface area contributed by atoms with Crippen LogP contribution in [0.3, 0.4) is 0 Å². The van der Waals surface area contributed by atoms with Crippen LogP contribution in [0.15, 0.2) is 6.20 Å². The number of carbonyl (C=O) groups is 1. The molecular formula is C12H12ClN5O3S. The summed E-state index contributed by atoms with van der Waals surface area (Å²) in [5, 5.41) is 21.8. The van der Waals surface area contributed by atoms with Gasteiger partial charge in [0, 0.05) is 29.6 Å². The van der Waals surface area contributed by atoms with Gasteiger partial charge in [-0.25, -0.2) is 13.1 Å². The zero-order valence-electron chi connectivity index (χ0n) is 11.4. The summed E-state index contributed by atoms with van der Waals surface area (Å²) in [7, 11) is 1.53. The van der Waals surface area contributed by atoms with Crippen molar-refractivity contribution in [3.05, 3.63) is 11.8 Å². The summed E-state index contributed by atoms with van der Waals surface area (Å²) < 4.78 is 23.7. The van der Waals surface area contributed by atoms with Gasteiger partial charge in [-0.1, -0.05) is 0 Å². The fraction of sp³-hybridized carbons (Fsp3) is 0.500. The predicted molar refractivity (Wildman–Crippen MR) is 77.3 cm³/mol. The van der Waals surface area contributed by atoms with Crippen LogP contribution in [0.1, 0.15) is 18.4 Å². The lowest BCUT2D eigenvalue weighted by Gasteiger charge is -2.18. The van der Waals surface area contributed by atoms with E-state index in [9.17, 15) is 13.2 Å². The Labute approximate surface area is 131 Å². The van der Waals surface area contributed by atoms with Gasteiger partial charge in [0.05, 0.1) is 31.0 Å². The van der Waals surface area contributed by atoms with Crippen molar-refractivity contribution in [2.75, 3.05) is 17.2 Å². The third-order valence-corrected chi connectivity index (χ3v) is 4.51. The Morgan fingerprint density at radius 2 is 2.18 bits per heavy atom. The van der Waals surface area contributed by atoms with E-state index in [-0.39, 0.29) is 43.2 Å². The number of rotatable bonds is 5. The summed E-state index contributed by atoms with van der Waals surface area (Å²) >= 11 is 0. The molecule has 1 aromatic rings. The van der Waals surface area contributed by atoms with Gasteiger partial charge in [-0.15, -0.1) is 0 Å². The first-order chi connectivity index (χ1) is 10.4. The largest absolute Gasteiger partial charge is 0.296 e. The molecule has 1 saturated heterocycles. The van der Waals surface area contributed by atoms with E-state index in [1.807, 2.05) is 12.1 Å². The highest BCUT2D eigenvalue weighted by atomic mass is 35.7. The van der Waals surface area contributed by atoms with Crippen LogP contribution in [-0.4, -0.2) is 36.4 Å². The number of nitriles is 2. The fourth-order valence-electron chi connectivity index (χ4n) is 2.44. The lowest BCUT2D eigenvalue weighted by Crippen LogP contribution is -2.28. The molecule has 2 rings (SSSR count). The van der Waals surface area contributed by atoms with Crippen LogP contribution in [0, 0.1) is 28.6 Å². The van der Waals surface area contributed by atoms with Crippen LogP contribution in [0.4, 0.5) is 5.82 Å². The molecule has 0 aromatic carbocycles. The Bertz CT molecular complexity index is 774. The number of aryl methyl sites for hydroxylation is 1. The number of halogens is 1. The van der Waals surface area contributed by atoms with Gasteiger partial charge < -0.3 is 0 Å². The molecule has 2 heterocycles. The summed E-state index contributed by atoms with van der Waals surface area (Å²) in [6.07, 6.45) is 1.55. The van der Waals surface area contributed by atoms with E-state index in [2.05, 4.69) is 5.10 Å². The highest BCUT2D eigenvalue weighted by Crippen LogP contribution is 2.29. The second-order valence-corrected chi connectivity index (χ2v) is 7.73. The van der Waals surface area contributed by atoms with Crippen LogP contribution >= 0.6 is 10.7 Å². The standard InChI is InChI=1S/C12H12ClN5O3S/c13-22(20,21)8-9-4-11(19)17(7-9)12-10(5-15)6-16-18(12)3-1-2-14/h6,9H,1,3-4,7-8H2. The van der Waals surface area contributed by atoms with E-state index in [1.165, 1.54) is 15.8 Å². The summed E-state index contributed by atoms with van der Waals surface area (Å²) in [6.45, 7) is 0.396. The smallest absolute Gasteiger partial charge is 0.232 e. The van der Waals surface area contributed by atoms with Gasteiger partial charge in [0.1, 0.15) is 11.6 Å². The second-order valence-electron chi connectivity index (χ2n) is 4.90. The number of hydrogen-bond donors (Lipinski definition) is 0. The highest BCUT2D eigenvalue weighted by Gasteiger charge is 2.36. The van der Waals surface area contributed by atoms with Gasteiger partial charge in [0.15, 0.2) is 5.82 Å². The molecule has 1 amide bonds. The van der Waals surface area contributed by atoms with Crippen molar-refractivity contribution in [1.29, 1.82) is 10.5 Å². The molecule has 0 bridgehead atoms. The van der Waals surface area contributed by atoms with Gasteiger partial charge >= 0.3 is 0 Å². The van der Waals surface area contributed by atoms with Crippen molar-refractivity contribution >= 4 is 31.5 Å². The van der Waals surface area contributed by atoms with Gasteiger partial charge in [-0.2, -0.15) is 15.6 Å². The second kappa shape index (κ2) is 6.34. The molecule has 1 aliphatic rings. The van der Waals surface area contributed by atoms with E-state index in [0.29, 0.717) is 5.82 Å². The maximum absolute atomic E-state index is 12.1. The number of hydrogen-bond acceptors (Lipinski definition) is 6. The minimum absolute atomic E-state index is 0.0419. The van der Waals surface area contributed by atoms with Crippen LogP contribution in [-0.2, 0) is 20.4 Å². The molecule has 1 aliphatic heterocycles. The molecule has 22 heavy (non-hydrogen) atoms. The maximum Gasteiger partial charge on any atom is 0.232 e. The van der Waals surface area contributed by atoms with Crippen molar-refractivity contribution in [2.24, 2.45) is 5.92 Å². The molecule has 1 aromatic heterocycles. The van der Waals surface area contributed by atoms with Gasteiger partial charge in [-0.05, 0) is 0 Å². The van der Waals surface area contributed by atoms with E-state index in [0.717, 1.165) is 0 Å². The summed E-state index contributed by atoms with van der Waals surface area (Å²) in [4.78, 5) is 13.5. The number of carbonyl (C=O) groups excluding carboxylic acids is 1. The van der Waals surface area contributed by atoms with E-state index >= 15 is 0 Å². The van der Waals surface area contributed by atoms with Gasteiger partial charge in [-0.3, -0.25) is 9.69 Å². The van der Waals surface area contributed by atoms with E-state index in [1.54, 1.807) is 0 Å². The van der Waals surface area contributed by atoms with E-state index in [4.69, 9.17) is 21.2 Å². The van der Waals surface area contributed by atoms with Crippen LogP contribution in [0.5, 0.6) is 0 Å². The van der Waals surface area contributed by atoms with E-state index < -0.39 is 15.0 Å². The quantitative estimate of drug-likeness (QED) is 0.723. The molecule has 10 heteroatoms. The zero-order valence-corrected chi connectivity index (χ0v) is 13.0. The first-order valence-electron chi connectivity index (χ1n) is 6.41. The molecule has 0 aliphatic carbocycles. The average Bonchev–Trinajstić information content (AvgIpc) is 2.97. The molecule has 0 N–H and O–H groups in total. The third-order valence-electron chi connectivity index (χ3n) is 3.26. The monoisotopic (exact) mass is 341 g/mol. The molecule has 0 spiro atoms. The third kappa shape index (κ3) is 3.56. The van der Waals surface area contributed by atoms with Crippen molar-refractivity contribution in [2.45, 2.75) is 19.4 Å². The molecule has 116 valence electrons. The first kappa shape index (κ1) is 16.3. The number of anilines is 1. The molecule has 0 radical (unpaired) electrons. The SMILES string of the molecule is N#CCCn1ncc(C#N)c1N1CC(CS(=O)(=O)Cl)CC1=O. The fourth-order valence-corrected chi connectivity index (χ4v) is 3.76. The Kier molecular flexibility index (Phi) is 4.69. The molecule has 1 atom stereocenters.